The van der Waals surface area contributed by atoms with Crippen LogP contribution >= 0.6 is 11.6 Å². The maximum atomic E-state index is 11.8. The number of rotatable bonds is 6. The molecular weight excluding hydrogens is 344 g/mol. The van der Waals surface area contributed by atoms with Gasteiger partial charge in [-0.25, -0.2) is 5.43 Å². The summed E-state index contributed by atoms with van der Waals surface area (Å²) < 4.78 is 10.4. The molecule has 0 heterocycles. The first-order valence-electron chi connectivity index (χ1n) is 7.49. The number of hydrogen-bond acceptors (Lipinski definition) is 5. The van der Waals surface area contributed by atoms with E-state index in [0.29, 0.717) is 22.1 Å². The summed E-state index contributed by atoms with van der Waals surface area (Å²) in [5.41, 5.74) is 4.54. The van der Waals surface area contributed by atoms with Gasteiger partial charge in [0.1, 0.15) is 17.2 Å². The molecule has 0 spiro atoms. The summed E-state index contributed by atoms with van der Waals surface area (Å²) in [7, 11) is 1.51. The molecule has 2 N–H and O–H groups in total. The monoisotopic (exact) mass is 362 g/mol. The summed E-state index contributed by atoms with van der Waals surface area (Å²) >= 11 is 6.09. The van der Waals surface area contributed by atoms with Crippen molar-refractivity contribution in [2.24, 2.45) is 5.10 Å². The Morgan fingerprint density at radius 3 is 2.52 bits per heavy atom. The molecule has 6 nitrogen and oxygen atoms in total. The Morgan fingerprint density at radius 1 is 1.24 bits per heavy atom. The van der Waals surface area contributed by atoms with Gasteiger partial charge >= 0.3 is 0 Å². The Balaban J connectivity index is 1.88. The summed E-state index contributed by atoms with van der Waals surface area (Å²) in [6.45, 7) is 3.55. The second-order valence-corrected chi connectivity index (χ2v) is 5.76. The predicted octanol–water partition coefficient (Wildman–Crippen LogP) is 3.20. The number of aryl methyl sites for hydroxylation is 2. The molecule has 0 unspecified atom stereocenters. The molecule has 7 heteroatoms. The lowest BCUT2D eigenvalue weighted by molar-refractivity contribution is -0.123. The standard InChI is InChI=1S/C18H19ClN2O4/c1-11-6-15(7-12(2)18(11)19)25-10-17(23)21-20-9-13-4-5-14(24-3)8-16(13)22/h4-9,22H,10H2,1-3H3,(H,21,23). The Kier molecular flexibility index (Phi) is 6.25. The number of phenols is 1. The second-order valence-electron chi connectivity index (χ2n) is 5.38. The van der Waals surface area contributed by atoms with E-state index in [1.54, 1.807) is 24.3 Å². The van der Waals surface area contributed by atoms with Gasteiger partial charge in [-0.2, -0.15) is 5.10 Å². The van der Waals surface area contributed by atoms with Gasteiger partial charge in [0.15, 0.2) is 6.61 Å². The van der Waals surface area contributed by atoms with Crippen LogP contribution in [0.3, 0.4) is 0 Å². The van der Waals surface area contributed by atoms with Crippen molar-refractivity contribution in [1.29, 1.82) is 0 Å². The SMILES string of the molecule is COc1ccc(C=NNC(=O)COc2cc(C)c(Cl)c(C)c2)c(O)c1. The number of benzene rings is 2. The quantitative estimate of drug-likeness (QED) is 0.611. The lowest BCUT2D eigenvalue weighted by Gasteiger charge is -2.09. The number of hydrazone groups is 1. The molecule has 0 saturated heterocycles. The van der Waals surface area contributed by atoms with E-state index in [2.05, 4.69) is 10.5 Å². The summed E-state index contributed by atoms with van der Waals surface area (Å²) in [6.07, 6.45) is 1.34. The molecule has 132 valence electrons. The number of carbonyl (C=O) groups excluding carboxylic acids is 1. The average Bonchev–Trinajstić information content (AvgIpc) is 2.59. The number of nitrogens with one attached hydrogen (secondary N) is 1. The van der Waals surface area contributed by atoms with Crippen LogP contribution in [0, 0.1) is 13.8 Å². The van der Waals surface area contributed by atoms with Crippen LogP contribution in [0.2, 0.25) is 5.02 Å². The maximum Gasteiger partial charge on any atom is 0.277 e. The molecule has 0 aliphatic heterocycles. The van der Waals surface area contributed by atoms with Gasteiger partial charge in [-0.15, -0.1) is 0 Å². The first-order valence-corrected chi connectivity index (χ1v) is 7.87. The third-order valence-corrected chi connectivity index (χ3v) is 4.01. The molecule has 0 aliphatic carbocycles. The third kappa shape index (κ3) is 5.12. The van der Waals surface area contributed by atoms with Crippen molar-refractivity contribution >= 4 is 23.7 Å². The minimum atomic E-state index is -0.422. The first kappa shape index (κ1) is 18.6. The number of ether oxygens (including phenoxy) is 2. The zero-order valence-electron chi connectivity index (χ0n) is 14.2. The number of hydrogen-bond donors (Lipinski definition) is 2. The van der Waals surface area contributed by atoms with Gasteiger partial charge in [0.25, 0.3) is 5.91 Å². The fourth-order valence-corrected chi connectivity index (χ4v) is 2.21. The van der Waals surface area contributed by atoms with E-state index in [4.69, 9.17) is 21.1 Å². The number of amides is 1. The van der Waals surface area contributed by atoms with Gasteiger partial charge in [-0.3, -0.25) is 4.79 Å². The van der Waals surface area contributed by atoms with E-state index >= 15 is 0 Å². The molecule has 2 rings (SSSR count). The number of phenolic OH excluding ortho intramolecular Hbond substituents is 1. The number of methoxy groups -OCH3 is 1. The number of halogens is 1. The molecule has 0 bridgehead atoms. The molecule has 2 aromatic rings. The van der Waals surface area contributed by atoms with Crippen molar-refractivity contribution < 1.29 is 19.4 Å². The number of nitrogens with zero attached hydrogens (tertiary/aromatic N) is 1. The molecule has 25 heavy (non-hydrogen) atoms. The topological polar surface area (TPSA) is 80.2 Å². The summed E-state index contributed by atoms with van der Waals surface area (Å²) in [4.78, 5) is 11.8. The fraction of sp³-hybridized carbons (Fsp3) is 0.222. The molecule has 0 atom stereocenters. The first-order chi connectivity index (χ1) is 11.9. The van der Waals surface area contributed by atoms with E-state index in [1.807, 2.05) is 13.8 Å². The smallest absolute Gasteiger partial charge is 0.277 e. The van der Waals surface area contributed by atoms with Gasteiger partial charge in [0, 0.05) is 16.7 Å². The van der Waals surface area contributed by atoms with E-state index in [-0.39, 0.29) is 12.4 Å². The van der Waals surface area contributed by atoms with E-state index < -0.39 is 5.91 Å². The molecular formula is C18H19ClN2O4. The second kappa shape index (κ2) is 8.39. The van der Waals surface area contributed by atoms with Crippen molar-refractivity contribution in [3.8, 4) is 17.2 Å². The molecule has 1 amide bonds. The largest absolute Gasteiger partial charge is 0.507 e. The van der Waals surface area contributed by atoms with Crippen molar-refractivity contribution in [3.63, 3.8) is 0 Å². The Morgan fingerprint density at radius 2 is 1.92 bits per heavy atom. The highest BCUT2D eigenvalue weighted by Crippen LogP contribution is 2.25. The summed E-state index contributed by atoms with van der Waals surface area (Å²) in [5, 5.41) is 14.3. The lowest BCUT2D eigenvalue weighted by Crippen LogP contribution is -2.24. The van der Waals surface area contributed by atoms with Gasteiger partial charge in [0.2, 0.25) is 0 Å². The molecule has 2 aromatic carbocycles. The highest BCUT2D eigenvalue weighted by atomic mass is 35.5. The van der Waals surface area contributed by atoms with E-state index in [1.165, 1.54) is 19.4 Å². The minimum Gasteiger partial charge on any atom is -0.507 e. The molecule has 0 fully saturated rings. The summed E-state index contributed by atoms with van der Waals surface area (Å²) in [5.74, 6) is 0.669. The fourth-order valence-electron chi connectivity index (χ4n) is 2.10. The van der Waals surface area contributed by atoms with Crippen molar-refractivity contribution in [3.05, 3.63) is 52.0 Å². The number of aromatic hydroxyl groups is 1. The zero-order chi connectivity index (χ0) is 18.4. The minimum absolute atomic E-state index is 0.000661. The maximum absolute atomic E-state index is 11.8. The van der Waals surface area contributed by atoms with Crippen LogP contribution in [0.1, 0.15) is 16.7 Å². The van der Waals surface area contributed by atoms with Crippen LogP contribution in [0.4, 0.5) is 0 Å². The van der Waals surface area contributed by atoms with Gasteiger partial charge in [-0.05, 0) is 49.2 Å². The molecule has 0 aromatic heterocycles. The van der Waals surface area contributed by atoms with Crippen LogP contribution in [-0.4, -0.2) is 30.9 Å². The average molecular weight is 363 g/mol. The van der Waals surface area contributed by atoms with Crippen LogP contribution in [0.25, 0.3) is 0 Å². The zero-order valence-corrected chi connectivity index (χ0v) is 14.9. The van der Waals surface area contributed by atoms with Crippen LogP contribution in [0.5, 0.6) is 17.2 Å². The van der Waals surface area contributed by atoms with Crippen LogP contribution < -0.4 is 14.9 Å². The van der Waals surface area contributed by atoms with Crippen LogP contribution in [0.15, 0.2) is 35.4 Å². The Labute approximate surface area is 151 Å². The Hall–Kier alpha value is -2.73. The predicted molar refractivity (Wildman–Crippen MR) is 96.8 cm³/mol. The van der Waals surface area contributed by atoms with Gasteiger partial charge in [-0.1, -0.05) is 11.6 Å². The van der Waals surface area contributed by atoms with E-state index in [0.717, 1.165) is 11.1 Å². The van der Waals surface area contributed by atoms with Crippen molar-refractivity contribution in [2.45, 2.75) is 13.8 Å². The number of carbonyl (C=O) groups is 1. The molecule has 0 saturated carbocycles. The highest BCUT2D eigenvalue weighted by Gasteiger charge is 2.06. The van der Waals surface area contributed by atoms with Crippen molar-refractivity contribution in [1.82, 2.24) is 5.43 Å². The molecule has 0 radical (unpaired) electrons. The van der Waals surface area contributed by atoms with Crippen molar-refractivity contribution in [2.75, 3.05) is 13.7 Å². The third-order valence-electron chi connectivity index (χ3n) is 3.41. The summed E-state index contributed by atoms with van der Waals surface area (Å²) in [6, 6.07) is 8.29. The highest BCUT2D eigenvalue weighted by molar-refractivity contribution is 6.32. The Bertz CT molecular complexity index is 783. The van der Waals surface area contributed by atoms with E-state index in [9.17, 15) is 9.90 Å². The van der Waals surface area contributed by atoms with Gasteiger partial charge < -0.3 is 14.6 Å². The van der Waals surface area contributed by atoms with Gasteiger partial charge in [0.05, 0.1) is 13.3 Å². The molecule has 0 aliphatic rings. The lowest BCUT2D eigenvalue weighted by atomic mass is 10.1. The van der Waals surface area contributed by atoms with Crippen LogP contribution in [-0.2, 0) is 4.79 Å². The normalized spacial score (nSPS) is 10.7.